The van der Waals surface area contributed by atoms with Gasteiger partial charge in [0.15, 0.2) is 0 Å². The molecule has 0 spiro atoms. The van der Waals surface area contributed by atoms with Gasteiger partial charge in [-0.2, -0.15) is 0 Å². The highest BCUT2D eigenvalue weighted by Crippen LogP contribution is 2.37. The van der Waals surface area contributed by atoms with E-state index in [2.05, 4.69) is 25.4 Å². The summed E-state index contributed by atoms with van der Waals surface area (Å²) in [6, 6.07) is 16.7. The van der Waals surface area contributed by atoms with Gasteiger partial charge in [-0.25, -0.2) is 0 Å². The number of rotatable bonds is 10. The summed E-state index contributed by atoms with van der Waals surface area (Å²) >= 11 is 0. The van der Waals surface area contributed by atoms with E-state index >= 15 is 0 Å². The SMILES string of the molecule is C.CCN(CC)c1ccc(N=Nc2cc([N+](=O)[O-])ccc2O)c(O)c1.CN(C)c1ccc(N=Nc2cc([N+](=O)[O-])ccc2O)c(O)c1. The second kappa shape index (κ2) is 16.7. The minimum absolute atomic E-state index is 0. The first-order valence-corrected chi connectivity index (χ1v) is 13.7. The first kappa shape index (κ1) is 36.9. The molecule has 16 heteroatoms. The van der Waals surface area contributed by atoms with Crippen LogP contribution in [0.3, 0.4) is 0 Å². The molecule has 4 aromatic carbocycles. The maximum absolute atomic E-state index is 10.8. The predicted molar refractivity (Wildman–Crippen MR) is 179 cm³/mol. The fourth-order valence-electron chi connectivity index (χ4n) is 3.88. The van der Waals surface area contributed by atoms with Crippen molar-refractivity contribution >= 4 is 45.5 Å². The molecule has 0 unspecified atom stereocenters. The third-order valence-corrected chi connectivity index (χ3v) is 6.43. The number of anilines is 2. The quantitative estimate of drug-likeness (QED) is 0.0729. The van der Waals surface area contributed by atoms with Gasteiger partial charge < -0.3 is 30.2 Å². The number of azo groups is 2. The number of phenolic OH excluding ortho intramolecular Hbond substituents is 4. The summed E-state index contributed by atoms with van der Waals surface area (Å²) in [6.45, 7) is 5.63. The molecule has 0 saturated heterocycles. The van der Waals surface area contributed by atoms with E-state index < -0.39 is 9.85 Å². The lowest BCUT2D eigenvalue weighted by Gasteiger charge is -2.21. The van der Waals surface area contributed by atoms with E-state index in [-0.39, 0.29) is 64.5 Å². The van der Waals surface area contributed by atoms with Crippen LogP contribution in [0.15, 0.2) is 93.3 Å². The molecule has 0 atom stereocenters. The summed E-state index contributed by atoms with van der Waals surface area (Å²) in [5, 5.41) is 76.0. The molecular weight excluding hydrogens is 612 g/mol. The number of hydrogen-bond donors (Lipinski definition) is 4. The first-order valence-electron chi connectivity index (χ1n) is 13.7. The van der Waals surface area contributed by atoms with Gasteiger partial charge in [-0.1, -0.05) is 7.43 Å². The highest BCUT2D eigenvalue weighted by atomic mass is 16.6. The molecule has 4 N–H and O–H groups in total. The molecule has 248 valence electrons. The fourth-order valence-corrected chi connectivity index (χ4v) is 3.88. The molecule has 4 rings (SSSR count). The zero-order chi connectivity index (χ0) is 34.0. The van der Waals surface area contributed by atoms with Crippen molar-refractivity contribution in [2.45, 2.75) is 21.3 Å². The second-order valence-corrected chi connectivity index (χ2v) is 9.67. The lowest BCUT2D eigenvalue weighted by atomic mass is 10.2. The number of phenols is 4. The first-order chi connectivity index (χ1) is 21.8. The van der Waals surface area contributed by atoms with E-state index in [1.54, 1.807) is 30.3 Å². The summed E-state index contributed by atoms with van der Waals surface area (Å²) in [7, 11) is 3.66. The monoisotopic (exact) mass is 648 g/mol. The molecule has 16 nitrogen and oxygen atoms in total. The van der Waals surface area contributed by atoms with Crippen LogP contribution in [0.1, 0.15) is 21.3 Å². The Balaban J connectivity index is 0.000000321. The van der Waals surface area contributed by atoms with Crippen molar-refractivity contribution in [2.75, 3.05) is 37.0 Å². The molecule has 0 aliphatic rings. The van der Waals surface area contributed by atoms with Crippen LogP contribution >= 0.6 is 0 Å². The molecule has 0 amide bonds. The average Bonchev–Trinajstić information content (AvgIpc) is 3.02. The molecule has 0 aromatic heterocycles. The minimum atomic E-state index is -0.595. The highest BCUT2D eigenvalue weighted by Gasteiger charge is 2.12. The van der Waals surface area contributed by atoms with Crippen LogP contribution < -0.4 is 9.80 Å². The smallest absolute Gasteiger partial charge is 0.271 e. The van der Waals surface area contributed by atoms with Crippen molar-refractivity contribution in [3.8, 4) is 23.0 Å². The molecule has 0 aliphatic carbocycles. The van der Waals surface area contributed by atoms with Gasteiger partial charge in [0.2, 0.25) is 0 Å². The molecular formula is C31H36N8O8. The van der Waals surface area contributed by atoms with Crippen LogP contribution in [0.5, 0.6) is 23.0 Å². The van der Waals surface area contributed by atoms with Crippen LogP contribution in [0.25, 0.3) is 0 Å². The number of benzene rings is 4. The van der Waals surface area contributed by atoms with Gasteiger partial charge in [-0.15, -0.1) is 20.5 Å². The van der Waals surface area contributed by atoms with Gasteiger partial charge in [-0.3, -0.25) is 20.2 Å². The zero-order valence-electron chi connectivity index (χ0n) is 25.3. The van der Waals surface area contributed by atoms with E-state index in [1.165, 1.54) is 24.3 Å². The molecule has 0 radical (unpaired) electrons. The lowest BCUT2D eigenvalue weighted by molar-refractivity contribution is -0.385. The normalized spacial score (nSPS) is 10.6. The highest BCUT2D eigenvalue weighted by molar-refractivity contribution is 5.63. The van der Waals surface area contributed by atoms with Crippen molar-refractivity contribution in [1.82, 2.24) is 0 Å². The van der Waals surface area contributed by atoms with Gasteiger partial charge in [-0.05, 0) is 50.2 Å². The number of nitro groups is 2. The van der Waals surface area contributed by atoms with Gasteiger partial charge in [0.1, 0.15) is 45.7 Å². The van der Waals surface area contributed by atoms with Crippen molar-refractivity contribution < 1.29 is 30.3 Å². The third-order valence-electron chi connectivity index (χ3n) is 6.43. The van der Waals surface area contributed by atoms with Crippen molar-refractivity contribution in [2.24, 2.45) is 20.5 Å². The van der Waals surface area contributed by atoms with Crippen LogP contribution in [0.2, 0.25) is 0 Å². The number of aromatic hydroxyl groups is 4. The third kappa shape index (κ3) is 9.84. The topological polar surface area (TPSA) is 223 Å². The summed E-state index contributed by atoms with van der Waals surface area (Å²) in [5.74, 6) is -0.615. The molecule has 4 aromatic rings. The number of nitro benzene ring substituents is 2. The molecule has 0 aliphatic heterocycles. The number of non-ortho nitro benzene ring substituents is 2. The van der Waals surface area contributed by atoms with Gasteiger partial charge >= 0.3 is 0 Å². The van der Waals surface area contributed by atoms with E-state index in [0.29, 0.717) is 0 Å². The molecule has 0 saturated carbocycles. The Morgan fingerprint density at radius 3 is 1.32 bits per heavy atom. The van der Waals surface area contributed by atoms with E-state index in [9.17, 15) is 40.7 Å². The van der Waals surface area contributed by atoms with E-state index in [0.717, 1.165) is 42.7 Å². The number of hydrogen-bond acceptors (Lipinski definition) is 14. The maximum atomic E-state index is 10.8. The molecule has 0 bridgehead atoms. The Hall–Kier alpha value is -6.32. The van der Waals surface area contributed by atoms with Crippen LogP contribution in [0, 0.1) is 20.2 Å². The fraction of sp³-hybridized carbons (Fsp3) is 0.226. The van der Waals surface area contributed by atoms with Crippen molar-refractivity contribution in [3.63, 3.8) is 0 Å². The average molecular weight is 649 g/mol. The van der Waals surface area contributed by atoms with Crippen molar-refractivity contribution in [1.29, 1.82) is 0 Å². The molecule has 0 heterocycles. The van der Waals surface area contributed by atoms with Gasteiger partial charge in [0, 0.05) is 75.0 Å². The van der Waals surface area contributed by atoms with Crippen molar-refractivity contribution in [3.05, 3.63) is 93.0 Å². The Kier molecular flexibility index (Phi) is 13.1. The Morgan fingerprint density at radius 2 is 0.957 bits per heavy atom. The summed E-state index contributed by atoms with van der Waals surface area (Å²) < 4.78 is 0. The van der Waals surface area contributed by atoms with Crippen LogP contribution in [0.4, 0.5) is 45.5 Å². The van der Waals surface area contributed by atoms with Gasteiger partial charge in [0.05, 0.1) is 9.85 Å². The molecule has 47 heavy (non-hydrogen) atoms. The standard InChI is InChI=1S/C16H18N4O4.C14H14N4O4.CH4/c1-3-19(4-2)11-5-7-13(16(22)10-11)17-18-14-9-12(20(23)24)6-8-15(14)21;1-17(2)9-3-5-11(14(20)8-9)15-16-12-7-10(18(21)22)4-6-13(12)19;/h5-10,21-22H,3-4H2,1-2H3;3-8,19-20H,1-2H3;1H4. The van der Waals surface area contributed by atoms with E-state index in [1.807, 2.05) is 32.8 Å². The maximum Gasteiger partial charge on any atom is 0.271 e. The second-order valence-electron chi connectivity index (χ2n) is 9.67. The predicted octanol–water partition coefficient (Wildman–Crippen LogP) is 8.39. The Bertz CT molecular complexity index is 1770. The Morgan fingerprint density at radius 1 is 0.574 bits per heavy atom. The van der Waals surface area contributed by atoms with Gasteiger partial charge in [0.25, 0.3) is 11.4 Å². The molecule has 0 fully saturated rings. The van der Waals surface area contributed by atoms with Crippen LogP contribution in [-0.4, -0.2) is 57.5 Å². The largest absolute Gasteiger partial charge is 0.506 e. The summed E-state index contributed by atoms with van der Waals surface area (Å²) in [4.78, 5) is 24.2. The zero-order valence-corrected chi connectivity index (χ0v) is 25.3. The summed E-state index contributed by atoms with van der Waals surface area (Å²) in [6.07, 6.45) is 0. The Labute approximate surface area is 270 Å². The lowest BCUT2D eigenvalue weighted by Crippen LogP contribution is -2.21. The van der Waals surface area contributed by atoms with E-state index in [4.69, 9.17) is 0 Å². The minimum Gasteiger partial charge on any atom is -0.506 e. The van der Waals surface area contributed by atoms with Crippen LogP contribution in [-0.2, 0) is 0 Å². The summed E-state index contributed by atoms with van der Waals surface area (Å²) in [5.41, 5.74) is 1.53. The number of nitrogens with zero attached hydrogens (tertiary/aromatic N) is 8.